The van der Waals surface area contributed by atoms with Crippen molar-refractivity contribution in [3.63, 3.8) is 0 Å². The summed E-state index contributed by atoms with van der Waals surface area (Å²) in [5.74, 6) is -0.138. The molecule has 0 atom stereocenters. The molecule has 0 radical (unpaired) electrons. The van der Waals surface area contributed by atoms with Gasteiger partial charge < -0.3 is 16.0 Å². The molecule has 28 heavy (non-hydrogen) atoms. The summed E-state index contributed by atoms with van der Waals surface area (Å²) in [6.45, 7) is 6.62. The molecule has 3 aromatic rings. The lowest BCUT2D eigenvalue weighted by atomic mass is 10.2. The fourth-order valence-corrected chi connectivity index (χ4v) is 2.78. The number of anilines is 1. The van der Waals surface area contributed by atoms with Gasteiger partial charge in [-0.1, -0.05) is 23.4 Å². The molecule has 8 nitrogen and oxygen atoms in total. The number of hydrogen-bond donors (Lipinski definition) is 3. The Bertz CT molecular complexity index is 995. The second-order valence-electron chi connectivity index (χ2n) is 6.84. The highest BCUT2D eigenvalue weighted by molar-refractivity contribution is 5.97. The predicted molar refractivity (Wildman–Crippen MR) is 108 cm³/mol. The molecule has 146 valence electrons. The number of rotatable bonds is 6. The Morgan fingerprint density at radius 2 is 1.93 bits per heavy atom. The maximum absolute atomic E-state index is 12.1. The first-order chi connectivity index (χ1) is 13.4. The number of carbonyl (C=O) groups excluding carboxylic acids is 2. The van der Waals surface area contributed by atoms with Gasteiger partial charge in [-0.25, -0.2) is 9.48 Å². The van der Waals surface area contributed by atoms with Crippen LogP contribution in [0.4, 0.5) is 10.5 Å². The minimum absolute atomic E-state index is 0.0655. The Kier molecular flexibility index (Phi) is 5.88. The quantitative estimate of drug-likeness (QED) is 0.612. The summed E-state index contributed by atoms with van der Waals surface area (Å²) in [4.78, 5) is 24.2. The number of para-hydroxylation sites is 1. The van der Waals surface area contributed by atoms with Crippen molar-refractivity contribution < 1.29 is 9.59 Å². The highest BCUT2D eigenvalue weighted by Crippen LogP contribution is 2.14. The van der Waals surface area contributed by atoms with Gasteiger partial charge in [0.05, 0.1) is 12.1 Å². The second-order valence-corrected chi connectivity index (χ2v) is 6.84. The van der Waals surface area contributed by atoms with Crippen LogP contribution in [0.2, 0.25) is 0 Å². The lowest BCUT2D eigenvalue weighted by Crippen LogP contribution is -2.31. The molecule has 0 aliphatic heterocycles. The largest absolute Gasteiger partial charge is 0.350 e. The summed E-state index contributed by atoms with van der Waals surface area (Å²) < 4.78 is 1.70. The van der Waals surface area contributed by atoms with E-state index >= 15 is 0 Å². The van der Waals surface area contributed by atoms with Crippen molar-refractivity contribution in [3.8, 4) is 0 Å². The van der Waals surface area contributed by atoms with E-state index in [1.165, 1.54) is 0 Å². The van der Waals surface area contributed by atoms with Gasteiger partial charge in [0, 0.05) is 23.8 Å². The van der Waals surface area contributed by atoms with Crippen molar-refractivity contribution in [2.24, 2.45) is 0 Å². The van der Waals surface area contributed by atoms with Crippen LogP contribution in [-0.2, 0) is 6.54 Å². The molecule has 0 aliphatic carbocycles. The van der Waals surface area contributed by atoms with Crippen LogP contribution in [0.15, 0.2) is 42.5 Å². The van der Waals surface area contributed by atoms with Crippen LogP contribution in [0.3, 0.4) is 0 Å². The van der Waals surface area contributed by atoms with Gasteiger partial charge in [-0.3, -0.25) is 4.79 Å². The molecule has 0 spiro atoms. The fraction of sp³-hybridized carbons (Fsp3) is 0.300. The third-order valence-corrected chi connectivity index (χ3v) is 4.20. The van der Waals surface area contributed by atoms with E-state index in [-0.39, 0.29) is 18.0 Å². The SMILES string of the molecule is Cc1ccccc1NC(=O)NCCn1nnc2cc(C(=O)NC(C)C)ccc21. The molecule has 0 bridgehead atoms. The molecule has 3 rings (SSSR count). The van der Waals surface area contributed by atoms with Gasteiger partial charge in [0.15, 0.2) is 0 Å². The highest BCUT2D eigenvalue weighted by Gasteiger charge is 2.11. The molecule has 0 saturated heterocycles. The molecule has 1 aromatic heterocycles. The number of nitrogens with one attached hydrogen (secondary N) is 3. The highest BCUT2D eigenvalue weighted by atomic mass is 16.2. The number of urea groups is 1. The number of nitrogens with zero attached hydrogens (tertiary/aromatic N) is 3. The van der Waals surface area contributed by atoms with Crippen LogP contribution in [0.25, 0.3) is 11.0 Å². The first-order valence-electron chi connectivity index (χ1n) is 9.18. The molecule has 8 heteroatoms. The van der Waals surface area contributed by atoms with E-state index < -0.39 is 0 Å². The average Bonchev–Trinajstić information content (AvgIpc) is 3.05. The number of carbonyl (C=O) groups is 2. The zero-order valence-electron chi connectivity index (χ0n) is 16.2. The van der Waals surface area contributed by atoms with Crippen LogP contribution in [0, 0.1) is 6.92 Å². The Morgan fingerprint density at radius 3 is 2.68 bits per heavy atom. The third-order valence-electron chi connectivity index (χ3n) is 4.20. The Morgan fingerprint density at radius 1 is 1.14 bits per heavy atom. The Labute approximate surface area is 163 Å². The number of amides is 3. The lowest BCUT2D eigenvalue weighted by Gasteiger charge is -2.10. The zero-order chi connectivity index (χ0) is 20.1. The van der Waals surface area contributed by atoms with Gasteiger partial charge in [0.25, 0.3) is 5.91 Å². The summed E-state index contributed by atoms with van der Waals surface area (Å²) in [6, 6.07) is 12.7. The van der Waals surface area contributed by atoms with Crippen LogP contribution in [0.1, 0.15) is 29.8 Å². The molecule has 0 fully saturated rings. The van der Waals surface area contributed by atoms with E-state index in [1.54, 1.807) is 16.8 Å². The van der Waals surface area contributed by atoms with Crippen molar-refractivity contribution in [2.75, 3.05) is 11.9 Å². The molecule has 1 heterocycles. The van der Waals surface area contributed by atoms with Crippen molar-refractivity contribution in [3.05, 3.63) is 53.6 Å². The first kappa shape index (κ1) is 19.3. The van der Waals surface area contributed by atoms with E-state index in [4.69, 9.17) is 0 Å². The summed E-state index contributed by atoms with van der Waals surface area (Å²) >= 11 is 0. The number of aromatic nitrogens is 3. The number of benzene rings is 2. The van der Waals surface area contributed by atoms with Gasteiger partial charge in [-0.2, -0.15) is 0 Å². The van der Waals surface area contributed by atoms with Crippen LogP contribution >= 0.6 is 0 Å². The maximum Gasteiger partial charge on any atom is 0.319 e. The van der Waals surface area contributed by atoms with Crippen molar-refractivity contribution >= 4 is 28.7 Å². The zero-order valence-corrected chi connectivity index (χ0v) is 16.2. The minimum atomic E-state index is -0.272. The average molecular weight is 380 g/mol. The second kappa shape index (κ2) is 8.51. The molecule has 0 aliphatic rings. The van der Waals surface area contributed by atoms with Gasteiger partial charge >= 0.3 is 6.03 Å². The molecule has 0 saturated carbocycles. The van der Waals surface area contributed by atoms with Gasteiger partial charge in [-0.05, 0) is 50.6 Å². The first-order valence-corrected chi connectivity index (χ1v) is 9.18. The van der Waals surface area contributed by atoms with E-state index in [9.17, 15) is 9.59 Å². The summed E-state index contributed by atoms with van der Waals surface area (Å²) in [6.07, 6.45) is 0. The van der Waals surface area contributed by atoms with Gasteiger partial charge in [0.2, 0.25) is 0 Å². The molecule has 3 amide bonds. The van der Waals surface area contributed by atoms with Crippen molar-refractivity contribution in [1.29, 1.82) is 0 Å². The monoisotopic (exact) mass is 380 g/mol. The lowest BCUT2D eigenvalue weighted by molar-refractivity contribution is 0.0943. The summed E-state index contributed by atoms with van der Waals surface area (Å²) in [7, 11) is 0. The summed E-state index contributed by atoms with van der Waals surface area (Å²) in [5, 5.41) is 16.7. The normalized spacial score (nSPS) is 10.9. The standard InChI is InChI=1S/C20H24N6O2/c1-13(2)22-19(27)15-8-9-18-17(12-15)24-25-26(18)11-10-21-20(28)23-16-7-5-4-6-14(16)3/h4-9,12-13H,10-11H2,1-3H3,(H,22,27)(H2,21,23,28). The smallest absolute Gasteiger partial charge is 0.319 e. The van der Waals surface area contributed by atoms with Crippen molar-refractivity contribution in [2.45, 2.75) is 33.4 Å². The molecular weight excluding hydrogens is 356 g/mol. The molecule has 0 unspecified atom stereocenters. The van der Waals surface area contributed by atoms with Crippen LogP contribution in [0.5, 0.6) is 0 Å². The van der Waals surface area contributed by atoms with Gasteiger partial charge in [0.1, 0.15) is 5.52 Å². The Hall–Kier alpha value is -3.42. The fourth-order valence-electron chi connectivity index (χ4n) is 2.78. The van der Waals surface area contributed by atoms with E-state index in [0.717, 1.165) is 16.8 Å². The predicted octanol–water partition coefficient (Wildman–Crippen LogP) is 2.70. The Balaban J connectivity index is 1.58. The van der Waals surface area contributed by atoms with Crippen molar-refractivity contribution in [1.82, 2.24) is 25.6 Å². The van der Waals surface area contributed by atoms with E-state index in [2.05, 4.69) is 26.3 Å². The van der Waals surface area contributed by atoms with E-state index in [1.807, 2.05) is 51.1 Å². The summed E-state index contributed by atoms with van der Waals surface area (Å²) in [5.41, 5.74) is 3.77. The minimum Gasteiger partial charge on any atom is -0.350 e. The van der Waals surface area contributed by atoms with Crippen LogP contribution in [-0.4, -0.2) is 39.5 Å². The van der Waals surface area contributed by atoms with Crippen LogP contribution < -0.4 is 16.0 Å². The molecule has 3 N–H and O–H groups in total. The van der Waals surface area contributed by atoms with Gasteiger partial charge in [-0.15, -0.1) is 5.10 Å². The van der Waals surface area contributed by atoms with E-state index in [0.29, 0.717) is 24.2 Å². The molecule has 2 aromatic carbocycles. The molecular formula is C20H24N6O2. The maximum atomic E-state index is 12.1. The number of fused-ring (bicyclic) bond motifs is 1. The topological polar surface area (TPSA) is 101 Å². The number of hydrogen-bond acceptors (Lipinski definition) is 4. The number of aryl methyl sites for hydroxylation is 1. The third kappa shape index (κ3) is 4.64.